The van der Waals surface area contributed by atoms with Gasteiger partial charge in [-0.1, -0.05) is 30.3 Å². The van der Waals surface area contributed by atoms with E-state index >= 15 is 0 Å². The molecule has 3 aromatic carbocycles. The Labute approximate surface area is 210 Å². The maximum atomic E-state index is 12.9. The van der Waals surface area contributed by atoms with Gasteiger partial charge in [0, 0.05) is 18.5 Å². The number of amides is 1. The normalized spacial score (nSPS) is 10.8. The highest BCUT2D eigenvalue weighted by atomic mass is 16.5. The molecule has 0 saturated heterocycles. The molecule has 0 radical (unpaired) electrons. The molecule has 8 heteroatoms. The van der Waals surface area contributed by atoms with Crippen LogP contribution in [0.2, 0.25) is 0 Å². The van der Waals surface area contributed by atoms with Crippen molar-refractivity contribution < 1.29 is 23.7 Å². The molecule has 0 saturated carbocycles. The third-order valence-electron chi connectivity index (χ3n) is 5.96. The summed E-state index contributed by atoms with van der Waals surface area (Å²) >= 11 is 0. The molecule has 1 aromatic heterocycles. The highest BCUT2D eigenvalue weighted by Crippen LogP contribution is 2.38. The summed E-state index contributed by atoms with van der Waals surface area (Å²) in [6.45, 7) is 3.60. The predicted octanol–water partition coefficient (Wildman–Crippen LogP) is 4.42. The molecule has 4 rings (SSSR count). The molecule has 4 aromatic rings. The number of imidazole rings is 1. The molecule has 1 amide bonds. The lowest BCUT2D eigenvalue weighted by Crippen LogP contribution is -2.27. The van der Waals surface area contributed by atoms with Crippen molar-refractivity contribution in [3.8, 4) is 23.0 Å². The fraction of sp³-hybridized carbons (Fsp3) is 0.286. The molecule has 0 aliphatic carbocycles. The van der Waals surface area contributed by atoms with Gasteiger partial charge in [0.2, 0.25) is 5.75 Å². The Bertz CT molecular complexity index is 1320. The number of nitrogens with zero attached hydrogens (tertiary/aromatic N) is 2. The number of hydrogen-bond donors (Lipinski definition) is 1. The molecular formula is C28H31N3O5. The van der Waals surface area contributed by atoms with Crippen LogP contribution in [0.5, 0.6) is 23.0 Å². The number of carbonyl (C=O) groups is 1. The van der Waals surface area contributed by atoms with Crippen molar-refractivity contribution in [2.45, 2.75) is 19.9 Å². The van der Waals surface area contributed by atoms with Gasteiger partial charge in [-0.15, -0.1) is 0 Å². The number of methoxy groups -OCH3 is 3. The van der Waals surface area contributed by atoms with Crippen LogP contribution in [-0.4, -0.2) is 49.9 Å². The summed E-state index contributed by atoms with van der Waals surface area (Å²) in [6, 6.07) is 19.3. The van der Waals surface area contributed by atoms with Gasteiger partial charge in [0.15, 0.2) is 11.5 Å². The lowest BCUT2D eigenvalue weighted by Gasteiger charge is -2.14. The van der Waals surface area contributed by atoms with Crippen LogP contribution in [0.4, 0.5) is 0 Å². The van der Waals surface area contributed by atoms with Crippen molar-refractivity contribution in [3.05, 3.63) is 77.6 Å². The molecule has 188 valence electrons. The first-order valence-electron chi connectivity index (χ1n) is 11.8. The lowest BCUT2D eigenvalue weighted by atomic mass is 10.1. The molecule has 1 heterocycles. The molecule has 0 unspecified atom stereocenters. The number of aryl methyl sites for hydroxylation is 1. The van der Waals surface area contributed by atoms with Gasteiger partial charge in [-0.25, -0.2) is 4.98 Å². The van der Waals surface area contributed by atoms with Crippen LogP contribution < -0.4 is 24.3 Å². The van der Waals surface area contributed by atoms with E-state index in [9.17, 15) is 4.79 Å². The van der Waals surface area contributed by atoms with E-state index in [1.165, 1.54) is 21.3 Å². The van der Waals surface area contributed by atoms with Crippen molar-refractivity contribution in [1.29, 1.82) is 0 Å². The zero-order valence-corrected chi connectivity index (χ0v) is 21.0. The Balaban J connectivity index is 1.45. The van der Waals surface area contributed by atoms with Crippen molar-refractivity contribution in [1.82, 2.24) is 14.9 Å². The van der Waals surface area contributed by atoms with Crippen molar-refractivity contribution in [3.63, 3.8) is 0 Å². The van der Waals surface area contributed by atoms with E-state index in [4.69, 9.17) is 23.9 Å². The molecular weight excluding hydrogens is 458 g/mol. The van der Waals surface area contributed by atoms with Gasteiger partial charge in [0.25, 0.3) is 5.91 Å². The zero-order valence-electron chi connectivity index (χ0n) is 21.0. The van der Waals surface area contributed by atoms with Crippen molar-refractivity contribution in [2.75, 3.05) is 34.5 Å². The van der Waals surface area contributed by atoms with Crippen molar-refractivity contribution in [2.24, 2.45) is 0 Å². The Morgan fingerprint density at radius 2 is 1.61 bits per heavy atom. The number of ether oxygens (including phenoxy) is 4. The number of nitrogens with one attached hydrogen (secondary N) is 1. The molecule has 0 fully saturated rings. The summed E-state index contributed by atoms with van der Waals surface area (Å²) in [6.07, 6.45) is 0.565. The quantitative estimate of drug-likeness (QED) is 0.336. The fourth-order valence-corrected chi connectivity index (χ4v) is 4.13. The van der Waals surface area contributed by atoms with E-state index in [0.29, 0.717) is 48.9 Å². The average Bonchev–Trinajstić information content (AvgIpc) is 3.26. The van der Waals surface area contributed by atoms with Gasteiger partial charge in [-0.3, -0.25) is 4.79 Å². The van der Waals surface area contributed by atoms with Gasteiger partial charge >= 0.3 is 0 Å². The Hall–Kier alpha value is -4.20. The highest BCUT2D eigenvalue weighted by Gasteiger charge is 2.17. The van der Waals surface area contributed by atoms with Crippen LogP contribution in [0.3, 0.4) is 0 Å². The summed E-state index contributed by atoms with van der Waals surface area (Å²) in [5.74, 6) is 2.82. The zero-order chi connectivity index (χ0) is 25.5. The molecule has 8 nitrogen and oxygen atoms in total. The number of aromatic nitrogens is 2. The minimum atomic E-state index is -0.236. The summed E-state index contributed by atoms with van der Waals surface area (Å²) < 4.78 is 24.2. The molecule has 36 heavy (non-hydrogen) atoms. The molecule has 1 N–H and O–H groups in total. The van der Waals surface area contributed by atoms with Crippen LogP contribution in [0.15, 0.2) is 60.7 Å². The van der Waals surface area contributed by atoms with Crippen LogP contribution in [0.1, 0.15) is 21.7 Å². The standard InChI is InChI=1S/C28H31N3O5/c1-19-9-5-8-12-23(19)36-16-15-31-22-11-7-6-10-21(22)30-26(31)13-14-29-28(32)20-17-24(33-2)27(35-4)25(18-20)34-3/h5-12,17-18H,13-16H2,1-4H3,(H,29,32). The Morgan fingerprint density at radius 1 is 0.917 bits per heavy atom. The van der Waals surface area contributed by atoms with E-state index in [0.717, 1.165) is 28.2 Å². The van der Waals surface area contributed by atoms with E-state index in [2.05, 4.69) is 9.88 Å². The first-order chi connectivity index (χ1) is 17.5. The topological polar surface area (TPSA) is 83.8 Å². The monoisotopic (exact) mass is 489 g/mol. The number of rotatable bonds is 11. The molecule has 0 bridgehead atoms. The smallest absolute Gasteiger partial charge is 0.251 e. The summed E-state index contributed by atoms with van der Waals surface area (Å²) in [5, 5.41) is 2.97. The highest BCUT2D eigenvalue weighted by molar-refractivity contribution is 5.95. The van der Waals surface area contributed by atoms with Crippen LogP contribution in [-0.2, 0) is 13.0 Å². The van der Waals surface area contributed by atoms with Crippen LogP contribution in [0.25, 0.3) is 11.0 Å². The first-order valence-corrected chi connectivity index (χ1v) is 11.8. The summed E-state index contributed by atoms with van der Waals surface area (Å²) in [5.41, 5.74) is 3.48. The molecule has 0 spiro atoms. The van der Waals surface area contributed by atoms with Gasteiger partial charge in [-0.05, 0) is 42.8 Å². The van der Waals surface area contributed by atoms with Gasteiger partial charge < -0.3 is 28.8 Å². The first kappa shape index (κ1) is 24.9. The van der Waals surface area contributed by atoms with Crippen LogP contribution in [0, 0.1) is 6.92 Å². The van der Waals surface area contributed by atoms with E-state index in [1.54, 1.807) is 12.1 Å². The second-order valence-electron chi connectivity index (χ2n) is 8.20. The lowest BCUT2D eigenvalue weighted by molar-refractivity contribution is 0.0953. The minimum Gasteiger partial charge on any atom is -0.493 e. The van der Waals surface area contributed by atoms with E-state index < -0.39 is 0 Å². The summed E-state index contributed by atoms with van der Waals surface area (Å²) in [4.78, 5) is 17.7. The third kappa shape index (κ3) is 5.38. The number of fused-ring (bicyclic) bond motifs is 1. The maximum absolute atomic E-state index is 12.9. The van der Waals surface area contributed by atoms with E-state index in [1.807, 2.05) is 55.5 Å². The molecule has 0 aliphatic heterocycles. The second-order valence-corrected chi connectivity index (χ2v) is 8.20. The molecule has 0 atom stereocenters. The third-order valence-corrected chi connectivity index (χ3v) is 5.96. The number of benzene rings is 3. The van der Waals surface area contributed by atoms with Gasteiger partial charge in [0.1, 0.15) is 18.2 Å². The number of para-hydroxylation sites is 3. The molecule has 0 aliphatic rings. The largest absolute Gasteiger partial charge is 0.493 e. The Morgan fingerprint density at radius 3 is 2.31 bits per heavy atom. The predicted molar refractivity (Wildman–Crippen MR) is 139 cm³/mol. The number of carbonyl (C=O) groups excluding carboxylic acids is 1. The SMILES string of the molecule is COc1cc(C(=O)NCCc2nc3ccccc3n2CCOc2ccccc2C)cc(OC)c1OC. The van der Waals surface area contributed by atoms with E-state index in [-0.39, 0.29) is 5.91 Å². The fourth-order valence-electron chi connectivity index (χ4n) is 4.13. The van der Waals surface area contributed by atoms with Gasteiger partial charge in [0.05, 0.1) is 38.9 Å². The number of hydrogen-bond acceptors (Lipinski definition) is 6. The minimum absolute atomic E-state index is 0.236. The van der Waals surface area contributed by atoms with Gasteiger partial charge in [-0.2, -0.15) is 0 Å². The van der Waals surface area contributed by atoms with Crippen molar-refractivity contribution >= 4 is 16.9 Å². The Kier molecular flexibility index (Phi) is 7.95. The van der Waals surface area contributed by atoms with Crippen LogP contribution >= 0.6 is 0 Å². The summed E-state index contributed by atoms with van der Waals surface area (Å²) in [7, 11) is 4.57. The average molecular weight is 490 g/mol. The second kappa shape index (κ2) is 11.5. The maximum Gasteiger partial charge on any atom is 0.251 e.